The van der Waals surface area contributed by atoms with Gasteiger partial charge in [-0.05, 0) is 44.2 Å². The summed E-state index contributed by atoms with van der Waals surface area (Å²) >= 11 is 0. The molecule has 0 N–H and O–H groups in total. The monoisotopic (exact) mass is 437 g/mol. The quantitative estimate of drug-likeness (QED) is 0.417. The lowest BCUT2D eigenvalue weighted by atomic mass is 9.98. The molecule has 31 heavy (non-hydrogen) atoms. The molecule has 0 saturated heterocycles. The molecule has 1 saturated carbocycles. The highest BCUT2D eigenvalue weighted by Crippen LogP contribution is 2.40. The Morgan fingerprint density at radius 2 is 1.84 bits per heavy atom. The molecule has 0 bridgehead atoms. The molecule has 1 aromatic carbocycles. The Kier molecular flexibility index (Phi) is 7.98. The maximum Gasteiger partial charge on any atom is 0.421 e. The van der Waals surface area contributed by atoms with Crippen LogP contribution in [0.25, 0.3) is 0 Å². The third kappa shape index (κ3) is 6.24. The van der Waals surface area contributed by atoms with Crippen LogP contribution in [0.15, 0.2) is 30.5 Å². The van der Waals surface area contributed by atoms with E-state index in [1.54, 1.807) is 31.3 Å². The molecule has 0 amide bonds. The van der Waals surface area contributed by atoms with Gasteiger partial charge >= 0.3 is 12.2 Å². The predicted molar refractivity (Wildman–Crippen MR) is 114 cm³/mol. The Balaban J connectivity index is 1.89. The smallest absolute Gasteiger partial charge is 0.421 e. The van der Waals surface area contributed by atoms with Crippen molar-refractivity contribution in [2.24, 2.45) is 0 Å². The molecule has 3 rings (SSSR count). The van der Waals surface area contributed by atoms with Crippen molar-refractivity contribution in [1.82, 2.24) is 9.97 Å². The highest BCUT2D eigenvalue weighted by atomic mass is 19.4. The van der Waals surface area contributed by atoms with E-state index in [1.807, 2.05) is 0 Å². The van der Waals surface area contributed by atoms with Crippen LogP contribution in [-0.4, -0.2) is 29.7 Å². The first-order valence-corrected chi connectivity index (χ1v) is 11.0. The van der Waals surface area contributed by atoms with Gasteiger partial charge in [-0.1, -0.05) is 38.3 Å². The van der Waals surface area contributed by atoms with E-state index < -0.39 is 11.7 Å². The van der Waals surface area contributed by atoms with Crippen LogP contribution in [0.4, 0.5) is 24.7 Å². The molecule has 0 spiro atoms. The number of para-hydroxylation sites is 2. The Bertz CT molecular complexity index is 839. The number of ether oxygens (including phenoxy) is 2. The van der Waals surface area contributed by atoms with Gasteiger partial charge in [0, 0.05) is 13.2 Å². The van der Waals surface area contributed by atoms with Crippen molar-refractivity contribution in [3.8, 4) is 11.8 Å². The van der Waals surface area contributed by atoms with Crippen LogP contribution in [0.2, 0.25) is 0 Å². The van der Waals surface area contributed by atoms with E-state index in [0.29, 0.717) is 18.0 Å². The number of unbranched alkanes of at least 4 members (excludes halogenated alkanes) is 2. The van der Waals surface area contributed by atoms with Crippen LogP contribution in [0.5, 0.6) is 11.8 Å². The molecule has 0 aliphatic heterocycles. The van der Waals surface area contributed by atoms with Gasteiger partial charge < -0.3 is 14.4 Å². The number of alkyl halides is 3. The Labute approximate surface area is 181 Å². The Morgan fingerprint density at radius 3 is 2.55 bits per heavy atom. The van der Waals surface area contributed by atoms with Crippen molar-refractivity contribution in [2.45, 2.75) is 70.6 Å². The van der Waals surface area contributed by atoms with E-state index in [0.717, 1.165) is 57.6 Å². The number of hydrogen-bond acceptors (Lipinski definition) is 5. The first kappa shape index (κ1) is 23.2. The topological polar surface area (TPSA) is 47.5 Å². The second-order valence-electron chi connectivity index (χ2n) is 7.85. The summed E-state index contributed by atoms with van der Waals surface area (Å²) in [5.41, 5.74) is -0.404. The van der Waals surface area contributed by atoms with Gasteiger partial charge in [0.15, 0.2) is 5.82 Å². The minimum absolute atomic E-state index is 0.0249. The van der Waals surface area contributed by atoms with Crippen LogP contribution < -0.4 is 14.4 Å². The minimum atomic E-state index is -4.59. The Morgan fingerprint density at radius 1 is 1.10 bits per heavy atom. The second-order valence-corrected chi connectivity index (χ2v) is 7.85. The van der Waals surface area contributed by atoms with E-state index in [2.05, 4.69) is 16.9 Å². The summed E-state index contributed by atoms with van der Waals surface area (Å²) in [5.74, 6) is 0.264. The zero-order valence-electron chi connectivity index (χ0n) is 18.1. The van der Waals surface area contributed by atoms with Crippen molar-refractivity contribution in [3.63, 3.8) is 0 Å². The average molecular weight is 438 g/mol. The van der Waals surface area contributed by atoms with E-state index >= 15 is 0 Å². The van der Waals surface area contributed by atoms with E-state index in [1.165, 1.54) is 4.90 Å². The molecule has 1 aromatic heterocycles. The number of halogens is 3. The summed E-state index contributed by atoms with van der Waals surface area (Å²) < 4.78 is 52.9. The summed E-state index contributed by atoms with van der Waals surface area (Å²) in [7, 11) is 1.55. The predicted octanol–water partition coefficient (Wildman–Crippen LogP) is 6.54. The van der Waals surface area contributed by atoms with Crippen LogP contribution in [0.3, 0.4) is 0 Å². The molecule has 1 aliphatic carbocycles. The minimum Gasteiger partial charge on any atom is -0.491 e. The summed E-state index contributed by atoms with van der Waals surface area (Å²) in [6.07, 6.45) is 4.10. The van der Waals surface area contributed by atoms with Crippen molar-refractivity contribution < 1.29 is 22.6 Å². The number of nitrogens with zero attached hydrogens (tertiary/aromatic N) is 3. The van der Waals surface area contributed by atoms with Crippen molar-refractivity contribution in [2.75, 3.05) is 18.6 Å². The van der Waals surface area contributed by atoms with E-state index in [4.69, 9.17) is 9.47 Å². The van der Waals surface area contributed by atoms with Gasteiger partial charge in [-0.2, -0.15) is 18.2 Å². The molecule has 170 valence electrons. The van der Waals surface area contributed by atoms with Gasteiger partial charge in [-0.3, -0.25) is 0 Å². The van der Waals surface area contributed by atoms with Crippen molar-refractivity contribution in [1.29, 1.82) is 0 Å². The van der Waals surface area contributed by atoms with E-state index in [9.17, 15) is 13.2 Å². The van der Waals surface area contributed by atoms with Crippen LogP contribution in [0, 0.1) is 0 Å². The molecule has 1 fully saturated rings. The zero-order chi connectivity index (χ0) is 22.3. The fraction of sp³-hybridized carbons (Fsp3) is 0.565. The fourth-order valence-electron chi connectivity index (χ4n) is 3.71. The second kappa shape index (κ2) is 10.7. The maximum atomic E-state index is 13.7. The van der Waals surface area contributed by atoms with Gasteiger partial charge in [-0.25, -0.2) is 4.98 Å². The van der Waals surface area contributed by atoms with Gasteiger partial charge in [-0.15, -0.1) is 0 Å². The molecular weight excluding hydrogens is 407 g/mol. The normalized spacial score (nSPS) is 15.0. The lowest BCUT2D eigenvalue weighted by Gasteiger charge is -2.26. The molecule has 2 aromatic rings. The number of aromatic nitrogens is 2. The van der Waals surface area contributed by atoms with Gasteiger partial charge in [0.1, 0.15) is 17.4 Å². The maximum absolute atomic E-state index is 13.7. The Hall–Kier alpha value is -2.51. The standard InChI is InChI=1S/C23H30F3N3O2/c1-3-4-10-15-30-20-14-9-8-13-19(20)29(2)21-18(23(24,25)26)16-27-22(28-21)31-17-11-6-5-7-12-17/h8-9,13-14,16-17H,3-7,10-12,15H2,1-2H3. The van der Waals surface area contributed by atoms with Gasteiger partial charge in [0.2, 0.25) is 0 Å². The third-order valence-electron chi connectivity index (χ3n) is 5.43. The molecule has 8 heteroatoms. The highest BCUT2D eigenvalue weighted by Gasteiger charge is 2.37. The molecular formula is C23H30F3N3O2. The van der Waals surface area contributed by atoms with E-state index in [-0.39, 0.29) is 17.9 Å². The molecule has 0 unspecified atom stereocenters. The lowest BCUT2D eigenvalue weighted by molar-refractivity contribution is -0.137. The van der Waals surface area contributed by atoms with Crippen molar-refractivity contribution in [3.05, 3.63) is 36.0 Å². The molecule has 0 atom stereocenters. The largest absolute Gasteiger partial charge is 0.491 e. The molecule has 1 heterocycles. The SMILES string of the molecule is CCCCCOc1ccccc1N(C)c1nc(OC2CCCCC2)ncc1C(F)(F)F. The van der Waals surface area contributed by atoms with Gasteiger partial charge in [0.05, 0.1) is 12.3 Å². The summed E-state index contributed by atoms with van der Waals surface area (Å²) in [6.45, 7) is 2.60. The van der Waals surface area contributed by atoms with Crippen LogP contribution in [0.1, 0.15) is 63.9 Å². The molecule has 0 radical (unpaired) electrons. The zero-order valence-corrected chi connectivity index (χ0v) is 18.1. The highest BCUT2D eigenvalue weighted by molar-refractivity contribution is 5.68. The average Bonchev–Trinajstić information content (AvgIpc) is 2.76. The molecule has 5 nitrogen and oxygen atoms in total. The number of rotatable bonds is 9. The summed E-state index contributed by atoms with van der Waals surface area (Å²) in [4.78, 5) is 9.43. The summed E-state index contributed by atoms with van der Waals surface area (Å²) in [6, 6.07) is 7.01. The third-order valence-corrected chi connectivity index (χ3v) is 5.43. The van der Waals surface area contributed by atoms with Crippen LogP contribution >= 0.6 is 0 Å². The lowest BCUT2D eigenvalue weighted by Crippen LogP contribution is -2.23. The van der Waals surface area contributed by atoms with Crippen molar-refractivity contribution >= 4 is 11.5 Å². The van der Waals surface area contributed by atoms with Gasteiger partial charge in [0.25, 0.3) is 0 Å². The van der Waals surface area contributed by atoms with Crippen LogP contribution in [-0.2, 0) is 6.18 Å². The first-order chi connectivity index (χ1) is 14.9. The fourth-order valence-corrected chi connectivity index (χ4v) is 3.71. The molecule has 1 aliphatic rings. The first-order valence-electron chi connectivity index (χ1n) is 11.0. The number of benzene rings is 1. The number of hydrogen-bond donors (Lipinski definition) is 0. The number of anilines is 2. The summed E-state index contributed by atoms with van der Waals surface area (Å²) in [5, 5.41) is 0.